The van der Waals surface area contributed by atoms with E-state index in [0.29, 0.717) is 32.6 Å². The first-order valence-corrected chi connectivity index (χ1v) is 7.45. The molecular formula is C15H20N4O3. The molecule has 1 atom stereocenters. The number of amides is 1. The zero-order valence-electron chi connectivity index (χ0n) is 12.8. The standard InChI is InChI=1S/C15H20N4O3/c1-10-12(11(2)22-18-10)3-4-15(20)19-7-8-21-9-14(19)13-5-6-16-17-13/h5-6,14H,3-4,7-9H2,1-2H3,(H,16,17). The highest BCUT2D eigenvalue weighted by molar-refractivity contribution is 5.77. The molecule has 2 aromatic heterocycles. The Bertz CT molecular complexity index is 616. The van der Waals surface area contributed by atoms with Crippen molar-refractivity contribution in [2.45, 2.75) is 32.7 Å². The summed E-state index contributed by atoms with van der Waals surface area (Å²) in [6.07, 6.45) is 2.77. The molecule has 1 aliphatic rings. The fourth-order valence-corrected chi connectivity index (χ4v) is 2.85. The molecule has 118 valence electrons. The molecular weight excluding hydrogens is 284 g/mol. The molecule has 0 bridgehead atoms. The molecule has 3 rings (SSSR count). The third-order valence-electron chi connectivity index (χ3n) is 4.10. The summed E-state index contributed by atoms with van der Waals surface area (Å²) in [5.41, 5.74) is 2.79. The lowest BCUT2D eigenvalue weighted by molar-refractivity contribution is -0.140. The highest BCUT2D eigenvalue weighted by Crippen LogP contribution is 2.24. The van der Waals surface area contributed by atoms with Gasteiger partial charge in [-0.05, 0) is 26.3 Å². The maximum atomic E-state index is 12.6. The number of hydrogen-bond donors (Lipinski definition) is 1. The Hall–Kier alpha value is -2.15. The van der Waals surface area contributed by atoms with Gasteiger partial charge in [0.25, 0.3) is 0 Å². The van der Waals surface area contributed by atoms with Crippen molar-refractivity contribution >= 4 is 5.91 Å². The van der Waals surface area contributed by atoms with Crippen molar-refractivity contribution in [3.63, 3.8) is 0 Å². The number of morpholine rings is 1. The highest BCUT2D eigenvalue weighted by atomic mass is 16.5. The molecule has 1 N–H and O–H groups in total. The fraction of sp³-hybridized carbons (Fsp3) is 0.533. The van der Waals surface area contributed by atoms with Crippen LogP contribution >= 0.6 is 0 Å². The zero-order valence-corrected chi connectivity index (χ0v) is 12.8. The first kappa shape index (κ1) is 14.8. The van der Waals surface area contributed by atoms with E-state index in [9.17, 15) is 4.79 Å². The topological polar surface area (TPSA) is 84.2 Å². The number of rotatable bonds is 4. The van der Waals surface area contributed by atoms with Crippen LogP contribution in [0.4, 0.5) is 0 Å². The maximum absolute atomic E-state index is 12.6. The van der Waals surface area contributed by atoms with Crippen molar-refractivity contribution < 1.29 is 14.1 Å². The number of nitrogens with one attached hydrogen (secondary N) is 1. The summed E-state index contributed by atoms with van der Waals surface area (Å²) in [4.78, 5) is 14.5. The van der Waals surface area contributed by atoms with Gasteiger partial charge in [-0.3, -0.25) is 9.89 Å². The molecule has 1 fully saturated rings. The van der Waals surface area contributed by atoms with Crippen molar-refractivity contribution in [2.75, 3.05) is 19.8 Å². The van der Waals surface area contributed by atoms with Crippen LogP contribution in [0.25, 0.3) is 0 Å². The molecule has 1 amide bonds. The van der Waals surface area contributed by atoms with Gasteiger partial charge in [-0.25, -0.2) is 0 Å². The van der Waals surface area contributed by atoms with E-state index in [2.05, 4.69) is 15.4 Å². The van der Waals surface area contributed by atoms with E-state index in [4.69, 9.17) is 9.26 Å². The average molecular weight is 304 g/mol. The second-order valence-electron chi connectivity index (χ2n) is 5.49. The van der Waals surface area contributed by atoms with Crippen molar-refractivity contribution in [1.29, 1.82) is 0 Å². The number of aromatic amines is 1. The first-order valence-electron chi connectivity index (χ1n) is 7.45. The second-order valence-corrected chi connectivity index (χ2v) is 5.49. The quantitative estimate of drug-likeness (QED) is 0.926. The van der Waals surface area contributed by atoms with Crippen LogP contribution in [0.1, 0.15) is 35.2 Å². The molecule has 0 radical (unpaired) electrons. The molecule has 1 aliphatic heterocycles. The Labute approximate surface area is 128 Å². The van der Waals surface area contributed by atoms with Crippen LogP contribution in [0.15, 0.2) is 16.8 Å². The summed E-state index contributed by atoms with van der Waals surface area (Å²) in [6, 6.07) is 1.79. The number of nitrogens with zero attached hydrogens (tertiary/aromatic N) is 3. The molecule has 7 heteroatoms. The van der Waals surface area contributed by atoms with E-state index >= 15 is 0 Å². The van der Waals surface area contributed by atoms with E-state index < -0.39 is 0 Å². The van der Waals surface area contributed by atoms with Crippen molar-refractivity contribution in [3.05, 3.63) is 35.0 Å². The van der Waals surface area contributed by atoms with Gasteiger partial charge in [-0.2, -0.15) is 5.10 Å². The number of aryl methyl sites for hydroxylation is 2. The van der Waals surface area contributed by atoms with Gasteiger partial charge in [0.2, 0.25) is 5.91 Å². The smallest absolute Gasteiger partial charge is 0.223 e. The van der Waals surface area contributed by atoms with Crippen LogP contribution in [-0.4, -0.2) is 45.9 Å². The van der Waals surface area contributed by atoms with E-state index in [1.54, 1.807) is 6.20 Å². The molecule has 1 unspecified atom stereocenters. The Morgan fingerprint density at radius 2 is 2.36 bits per heavy atom. The Kier molecular flexibility index (Phi) is 4.24. The summed E-state index contributed by atoms with van der Waals surface area (Å²) in [7, 11) is 0. The van der Waals surface area contributed by atoms with Gasteiger partial charge in [0.15, 0.2) is 0 Å². The van der Waals surface area contributed by atoms with Gasteiger partial charge < -0.3 is 14.2 Å². The molecule has 2 aromatic rings. The maximum Gasteiger partial charge on any atom is 0.223 e. The van der Waals surface area contributed by atoms with Crippen LogP contribution in [0.5, 0.6) is 0 Å². The Morgan fingerprint density at radius 3 is 3.05 bits per heavy atom. The molecule has 1 saturated heterocycles. The summed E-state index contributed by atoms with van der Waals surface area (Å²) >= 11 is 0. The lowest BCUT2D eigenvalue weighted by atomic mass is 10.1. The third kappa shape index (κ3) is 2.89. The minimum Gasteiger partial charge on any atom is -0.377 e. The monoisotopic (exact) mass is 304 g/mol. The summed E-state index contributed by atoms with van der Waals surface area (Å²) in [6.45, 7) is 5.45. The van der Waals surface area contributed by atoms with E-state index in [-0.39, 0.29) is 11.9 Å². The predicted octanol–water partition coefficient (Wildman–Crippen LogP) is 1.55. The van der Waals surface area contributed by atoms with Crippen LogP contribution in [0.2, 0.25) is 0 Å². The first-order chi connectivity index (χ1) is 10.7. The molecule has 3 heterocycles. The number of ether oxygens (including phenoxy) is 1. The highest BCUT2D eigenvalue weighted by Gasteiger charge is 2.29. The van der Waals surface area contributed by atoms with Gasteiger partial charge in [0.1, 0.15) is 5.76 Å². The zero-order chi connectivity index (χ0) is 15.5. The van der Waals surface area contributed by atoms with Crippen molar-refractivity contribution in [1.82, 2.24) is 20.3 Å². The van der Waals surface area contributed by atoms with E-state index in [1.807, 2.05) is 24.8 Å². The molecule has 0 saturated carbocycles. The fourth-order valence-electron chi connectivity index (χ4n) is 2.85. The lowest BCUT2D eigenvalue weighted by Gasteiger charge is -2.35. The van der Waals surface area contributed by atoms with E-state index in [1.165, 1.54) is 0 Å². The van der Waals surface area contributed by atoms with Crippen LogP contribution < -0.4 is 0 Å². The van der Waals surface area contributed by atoms with Crippen LogP contribution in [0.3, 0.4) is 0 Å². The summed E-state index contributed by atoms with van der Waals surface area (Å²) in [5, 5.41) is 10.8. The predicted molar refractivity (Wildman–Crippen MR) is 78.2 cm³/mol. The molecule has 0 spiro atoms. The summed E-state index contributed by atoms with van der Waals surface area (Å²) in [5.74, 6) is 0.903. The average Bonchev–Trinajstić information content (AvgIpc) is 3.16. The van der Waals surface area contributed by atoms with Crippen LogP contribution in [-0.2, 0) is 16.0 Å². The lowest BCUT2D eigenvalue weighted by Crippen LogP contribution is -2.43. The van der Waals surface area contributed by atoms with Crippen molar-refractivity contribution in [3.8, 4) is 0 Å². The molecule has 0 aromatic carbocycles. The molecule has 0 aliphatic carbocycles. The number of H-pyrrole nitrogens is 1. The minimum absolute atomic E-state index is 0.0894. The van der Waals surface area contributed by atoms with Gasteiger partial charge >= 0.3 is 0 Å². The molecule has 7 nitrogen and oxygen atoms in total. The second kappa shape index (κ2) is 6.31. The van der Waals surface area contributed by atoms with Crippen molar-refractivity contribution in [2.24, 2.45) is 0 Å². The number of carbonyl (C=O) groups is 1. The van der Waals surface area contributed by atoms with E-state index in [0.717, 1.165) is 22.7 Å². The number of carbonyl (C=O) groups excluding carboxylic acids is 1. The number of hydrogen-bond acceptors (Lipinski definition) is 5. The van der Waals surface area contributed by atoms with Crippen LogP contribution in [0, 0.1) is 13.8 Å². The number of aromatic nitrogens is 3. The minimum atomic E-state index is -0.0894. The van der Waals surface area contributed by atoms with Gasteiger partial charge in [0.05, 0.1) is 30.6 Å². The summed E-state index contributed by atoms with van der Waals surface area (Å²) < 4.78 is 10.7. The van der Waals surface area contributed by atoms with Gasteiger partial charge in [-0.15, -0.1) is 0 Å². The van der Waals surface area contributed by atoms with Gasteiger partial charge in [-0.1, -0.05) is 5.16 Å². The molecule has 22 heavy (non-hydrogen) atoms. The Morgan fingerprint density at radius 1 is 1.50 bits per heavy atom. The van der Waals surface area contributed by atoms with Gasteiger partial charge in [0, 0.05) is 24.7 Å². The SMILES string of the molecule is Cc1noc(C)c1CCC(=O)N1CCOCC1c1ccn[nH]1. The Balaban J connectivity index is 1.67. The normalized spacial score (nSPS) is 18.6. The third-order valence-corrected chi connectivity index (χ3v) is 4.10. The largest absolute Gasteiger partial charge is 0.377 e.